The predicted octanol–water partition coefficient (Wildman–Crippen LogP) is 3.60. The fourth-order valence-electron chi connectivity index (χ4n) is 2.88. The topological polar surface area (TPSA) is 28.4 Å². The minimum absolute atomic E-state index is 0.918. The Morgan fingerprint density at radius 3 is 2.52 bits per heavy atom. The van der Waals surface area contributed by atoms with Crippen LogP contribution in [0.2, 0.25) is 0 Å². The second-order valence-electron chi connectivity index (χ2n) is 5.72. The summed E-state index contributed by atoms with van der Waals surface area (Å²) in [7, 11) is 0. The number of hydrogen-bond acceptors (Lipinski definition) is 3. The maximum atomic E-state index is 5.32. The second kappa shape index (κ2) is 7.32. The van der Waals surface area contributed by atoms with Gasteiger partial charge in [0.15, 0.2) is 0 Å². The van der Waals surface area contributed by atoms with Crippen LogP contribution in [0.3, 0.4) is 0 Å². The first-order valence-corrected chi connectivity index (χ1v) is 7.99. The Kier molecular flexibility index (Phi) is 4.95. The maximum absolute atomic E-state index is 5.32. The number of furan rings is 1. The molecule has 112 valence electrons. The molecule has 2 aromatic rings. The van der Waals surface area contributed by atoms with E-state index in [1.807, 2.05) is 12.1 Å². The number of rotatable bonds is 6. The zero-order chi connectivity index (χ0) is 14.3. The smallest absolute Gasteiger partial charge is 0.105 e. The van der Waals surface area contributed by atoms with Crippen molar-refractivity contribution in [2.24, 2.45) is 0 Å². The van der Waals surface area contributed by atoms with Gasteiger partial charge in [0.2, 0.25) is 0 Å². The summed E-state index contributed by atoms with van der Waals surface area (Å²) < 4.78 is 5.32. The molecule has 0 spiro atoms. The molecule has 0 aliphatic carbocycles. The second-order valence-corrected chi connectivity index (χ2v) is 5.72. The zero-order valence-electron chi connectivity index (χ0n) is 12.6. The van der Waals surface area contributed by atoms with Gasteiger partial charge in [0.25, 0.3) is 0 Å². The molecular weight excluding hydrogens is 260 g/mol. The molecule has 0 radical (unpaired) electrons. The molecule has 3 rings (SSSR count). The van der Waals surface area contributed by atoms with Crippen molar-refractivity contribution in [3.05, 3.63) is 54.0 Å². The highest BCUT2D eigenvalue weighted by atomic mass is 16.3. The van der Waals surface area contributed by atoms with Crippen LogP contribution in [0.1, 0.15) is 30.6 Å². The van der Waals surface area contributed by atoms with Crippen molar-refractivity contribution in [1.82, 2.24) is 5.32 Å². The van der Waals surface area contributed by atoms with Crippen molar-refractivity contribution < 1.29 is 4.42 Å². The molecule has 3 heteroatoms. The highest BCUT2D eigenvalue weighted by Crippen LogP contribution is 2.20. The zero-order valence-corrected chi connectivity index (χ0v) is 12.6. The van der Waals surface area contributed by atoms with Crippen molar-refractivity contribution >= 4 is 5.69 Å². The van der Waals surface area contributed by atoms with Gasteiger partial charge in [-0.15, -0.1) is 0 Å². The van der Waals surface area contributed by atoms with E-state index in [9.17, 15) is 0 Å². The Hall–Kier alpha value is -1.74. The van der Waals surface area contributed by atoms with Crippen LogP contribution >= 0.6 is 0 Å². The highest BCUT2D eigenvalue weighted by molar-refractivity contribution is 5.47. The Morgan fingerprint density at radius 2 is 1.81 bits per heavy atom. The van der Waals surface area contributed by atoms with Gasteiger partial charge in [0.1, 0.15) is 5.76 Å². The Balaban J connectivity index is 1.43. The monoisotopic (exact) mass is 284 g/mol. The van der Waals surface area contributed by atoms with Crippen molar-refractivity contribution in [2.45, 2.75) is 32.2 Å². The van der Waals surface area contributed by atoms with E-state index < -0.39 is 0 Å². The molecule has 1 fully saturated rings. The lowest BCUT2D eigenvalue weighted by Gasteiger charge is -2.28. The van der Waals surface area contributed by atoms with E-state index in [1.165, 1.54) is 43.6 Å². The summed E-state index contributed by atoms with van der Waals surface area (Å²) in [5.41, 5.74) is 2.71. The van der Waals surface area contributed by atoms with Gasteiger partial charge in [0.05, 0.1) is 6.26 Å². The van der Waals surface area contributed by atoms with Gasteiger partial charge in [-0.25, -0.2) is 0 Å². The first kappa shape index (κ1) is 14.2. The van der Waals surface area contributed by atoms with Crippen LogP contribution in [0.5, 0.6) is 0 Å². The Labute approximate surface area is 127 Å². The van der Waals surface area contributed by atoms with Gasteiger partial charge in [-0.2, -0.15) is 0 Å². The number of anilines is 1. The molecule has 1 aliphatic heterocycles. The molecular formula is C18H24N2O. The highest BCUT2D eigenvalue weighted by Gasteiger charge is 2.10. The van der Waals surface area contributed by atoms with Crippen LogP contribution in [0.4, 0.5) is 5.69 Å². The lowest BCUT2D eigenvalue weighted by atomic mass is 10.1. The minimum atomic E-state index is 0.918. The standard InChI is InChI=1S/C18H24N2O/c1-2-12-20(13-3-1)17-8-6-16(7-9-17)15-19-11-10-18-5-4-14-21-18/h4-9,14,19H,1-3,10-13,15H2. The fourth-order valence-corrected chi connectivity index (χ4v) is 2.88. The van der Waals surface area contributed by atoms with Gasteiger partial charge in [-0.3, -0.25) is 0 Å². The fraction of sp³-hybridized carbons (Fsp3) is 0.444. The van der Waals surface area contributed by atoms with Crippen LogP contribution in [0.15, 0.2) is 47.1 Å². The van der Waals surface area contributed by atoms with Crippen LogP contribution in [0, 0.1) is 0 Å². The van der Waals surface area contributed by atoms with E-state index in [-0.39, 0.29) is 0 Å². The van der Waals surface area contributed by atoms with Crippen molar-refractivity contribution in [3.8, 4) is 0 Å². The Bertz CT molecular complexity index is 513. The van der Waals surface area contributed by atoms with E-state index in [4.69, 9.17) is 4.42 Å². The van der Waals surface area contributed by atoms with E-state index in [2.05, 4.69) is 34.5 Å². The molecule has 0 amide bonds. The molecule has 1 aromatic carbocycles. The van der Waals surface area contributed by atoms with E-state index in [0.29, 0.717) is 0 Å². The number of nitrogens with zero attached hydrogens (tertiary/aromatic N) is 1. The van der Waals surface area contributed by atoms with Crippen molar-refractivity contribution in [2.75, 3.05) is 24.5 Å². The molecule has 2 heterocycles. The van der Waals surface area contributed by atoms with E-state index >= 15 is 0 Å². The Morgan fingerprint density at radius 1 is 1.00 bits per heavy atom. The number of piperidine rings is 1. The lowest BCUT2D eigenvalue weighted by molar-refractivity contribution is 0.499. The van der Waals surface area contributed by atoms with E-state index in [0.717, 1.165) is 25.3 Å². The largest absolute Gasteiger partial charge is 0.469 e. The maximum Gasteiger partial charge on any atom is 0.105 e. The van der Waals surface area contributed by atoms with Gasteiger partial charge in [-0.05, 0) is 49.1 Å². The quantitative estimate of drug-likeness (QED) is 0.822. The third-order valence-corrected chi connectivity index (χ3v) is 4.11. The number of benzene rings is 1. The summed E-state index contributed by atoms with van der Waals surface area (Å²) in [4.78, 5) is 2.50. The van der Waals surface area contributed by atoms with Gasteiger partial charge in [0, 0.05) is 38.3 Å². The molecule has 1 aromatic heterocycles. The summed E-state index contributed by atoms with van der Waals surface area (Å²) in [5, 5.41) is 3.47. The van der Waals surface area contributed by atoms with Gasteiger partial charge >= 0.3 is 0 Å². The van der Waals surface area contributed by atoms with Gasteiger partial charge in [-0.1, -0.05) is 12.1 Å². The average Bonchev–Trinajstić information content (AvgIpc) is 3.06. The normalized spacial score (nSPS) is 15.3. The molecule has 21 heavy (non-hydrogen) atoms. The summed E-state index contributed by atoms with van der Waals surface area (Å²) in [6, 6.07) is 13.0. The molecule has 1 aliphatic rings. The number of hydrogen-bond donors (Lipinski definition) is 1. The summed E-state index contributed by atoms with van der Waals surface area (Å²) in [6.07, 6.45) is 6.72. The molecule has 0 atom stereocenters. The van der Waals surface area contributed by atoms with Crippen molar-refractivity contribution in [3.63, 3.8) is 0 Å². The third kappa shape index (κ3) is 4.11. The lowest BCUT2D eigenvalue weighted by Crippen LogP contribution is -2.29. The number of nitrogens with one attached hydrogen (secondary N) is 1. The predicted molar refractivity (Wildman–Crippen MR) is 86.6 cm³/mol. The minimum Gasteiger partial charge on any atom is -0.469 e. The molecule has 1 saturated heterocycles. The summed E-state index contributed by atoms with van der Waals surface area (Å²) in [5.74, 6) is 1.04. The third-order valence-electron chi connectivity index (χ3n) is 4.11. The molecule has 0 saturated carbocycles. The summed E-state index contributed by atoms with van der Waals surface area (Å²) >= 11 is 0. The van der Waals surface area contributed by atoms with Crippen LogP contribution < -0.4 is 10.2 Å². The van der Waals surface area contributed by atoms with Crippen LogP contribution in [-0.2, 0) is 13.0 Å². The van der Waals surface area contributed by atoms with Gasteiger partial charge < -0.3 is 14.6 Å². The molecule has 0 bridgehead atoms. The van der Waals surface area contributed by atoms with Crippen LogP contribution in [0.25, 0.3) is 0 Å². The first-order chi connectivity index (χ1) is 10.4. The SMILES string of the molecule is c1coc(CCNCc2ccc(N3CCCCC3)cc2)c1. The van der Waals surface area contributed by atoms with E-state index in [1.54, 1.807) is 6.26 Å². The van der Waals surface area contributed by atoms with Crippen LogP contribution in [-0.4, -0.2) is 19.6 Å². The summed E-state index contributed by atoms with van der Waals surface area (Å²) in [6.45, 7) is 4.28. The average molecular weight is 284 g/mol. The molecule has 3 nitrogen and oxygen atoms in total. The molecule has 0 unspecified atom stereocenters. The van der Waals surface area contributed by atoms with Crippen molar-refractivity contribution in [1.29, 1.82) is 0 Å². The molecule has 1 N–H and O–H groups in total. The first-order valence-electron chi connectivity index (χ1n) is 7.99.